The van der Waals surface area contributed by atoms with E-state index in [1.54, 1.807) is 23.1 Å². The van der Waals surface area contributed by atoms with Crippen LogP contribution in [0.25, 0.3) is 11.5 Å². The number of aromatic nitrogens is 2. The van der Waals surface area contributed by atoms with Crippen molar-refractivity contribution >= 4 is 27.5 Å². The number of nitrogens with zero attached hydrogens (tertiary/aromatic N) is 4. The van der Waals surface area contributed by atoms with Gasteiger partial charge in [-0.15, -0.1) is 10.2 Å². The van der Waals surface area contributed by atoms with E-state index in [0.717, 1.165) is 17.4 Å². The second-order valence-electron chi connectivity index (χ2n) is 8.34. The molecule has 0 saturated heterocycles. The van der Waals surface area contributed by atoms with Crippen molar-refractivity contribution in [3.63, 3.8) is 0 Å². The summed E-state index contributed by atoms with van der Waals surface area (Å²) in [5.41, 5.74) is 2.48. The molecule has 0 bridgehead atoms. The van der Waals surface area contributed by atoms with Crippen molar-refractivity contribution in [1.82, 2.24) is 19.4 Å². The van der Waals surface area contributed by atoms with Crippen molar-refractivity contribution in [3.8, 4) is 11.5 Å². The molecule has 3 aromatic rings. The zero-order valence-electron chi connectivity index (χ0n) is 18.6. The van der Waals surface area contributed by atoms with Gasteiger partial charge in [-0.2, -0.15) is 4.31 Å². The maximum atomic E-state index is 13.7. The van der Waals surface area contributed by atoms with Crippen LogP contribution in [-0.2, 0) is 34.3 Å². The minimum absolute atomic E-state index is 0.0592. The van der Waals surface area contributed by atoms with Crippen molar-refractivity contribution < 1.29 is 17.6 Å². The number of carbonyl (C=O) groups excluding carboxylic acids is 1. The Kier molecular flexibility index (Phi) is 6.56. The van der Waals surface area contributed by atoms with Gasteiger partial charge in [-0.3, -0.25) is 4.79 Å². The van der Waals surface area contributed by atoms with E-state index in [2.05, 4.69) is 10.2 Å². The van der Waals surface area contributed by atoms with Crippen molar-refractivity contribution in [2.24, 2.45) is 0 Å². The Morgan fingerprint density at radius 2 is 1.82 bits per heavy atom. The van der Waals surface area contributed by atoms with Crippen LogP contribution in [0.1, 0.15) is 30.9 Å². The highest BCUT2D eigenvalue weighted by Gasteiger charge is 2.39. The van der Waals surface area contributed by atoms with Crippen LogP contribution < -0.4 is 0 Å². The van der Waals surface area contributed by atoms with Crippen molar-refractivity contribution in [2.75, 3.05) is 6.26 Å². The predicted octanol–water partition coefficient (Wildman–Crippen LogP) is 3.51. The van der Waals surface area contributed by atoms with Gasteiger partial charge in [0.15, 0.2) is 0 Å². The molecule has 1 aromatic heterocycles. The van der Waals surface area contributed by atoms with Gasteiger partial charge in [-0.25, -0.2) is 8.42 Å². The molecular weight excluding hydrogens is 464 g/mol. The summed E-state index contributed by atoms with van der Waals surface area (Å²) < 4.78 is 32.2. The Morgan fingerprint density at radius 3 is 2.48 bits per heavy atom. The summed E-state index contributed by atoms with van der Waals surface area (Å²) in [5, 5.41) is 8.64. The lowest BCUT2D eigenvalue weighted by Gasteiger charge is -2.38. The van der Waals surface area contributed by atoms with Gasteiger partial charge in [-0.05, 0) is 43.5 Å². The third-order valence-electron chi connectivity index (χ3n) is 5.70. The van der Waals surface area contributed by atoms with E-state index in [0.29, 0.717) is 17.0 Å². The number of rotatable bonds is 6. The van der Waals surface area contributed by atoms with Gasteiger partial charge in [0, 0.05) is 12.6 Å². The maximum Gasteiger partial charge on any atom is 0.249 e. The van der Waals surface area contributed by atoms with Crippen LogP contribution in [0.2, 0.25) is 5.02 Å². The van der Waals surface area contributed by atoms with Crippen molar-refractivity contribution in [3.05, 3.63) is 70.6 Å². The van der Waals surface area contributed by atoms with Gasteiger partial charge < -0.3 is 9.32 Å². The number of fused-ring (bicyclic) bond motifs is 1. The fourth-order valence-electron chi connectivity index (χ4n) is 3.97. The fraction of sp³-hybridized carbons (Fsp3) is 0.348. The Labute approximate surface area is 198 Å². The average molecular weight is 489 g/mol. The SMILES string of the molecule is CC(C)N(Cc1nnc(-c2ccccc2Cl)o1)C(=O)C1Cc2ccccc2CN1S(C)(=O)=O. The normalized spacial score (nSPS) is 16.6. The van der Waals surface area contributed by atoms with Gasteiger partial charge in [-0.1, -0.05) is 48.0 Å². The molecule has 2 heterocycles. The minimum Gasteiger partial charge on any atom is -0.419 e. The molecule has 0 fully saturated rings. The number of benzene rings is 2. The zero-order chi connectivity index (χ0) is 23.8. The molecule has 0 spiro atoms. The van der Waals surface area contributed by atoms with Gasteiger partial charge in [0.05, 0.1) is 23.4 Å². The first-order chi connectivity index (χ1) is 15.6. The number of halogens is 1. The molecule has 10 heteroatoms. The Bertz CT molecular complexity index is 1270. The first-order valence-corrected chi connectivity index (χ1v) is 12.8. The molecule has 174 valence electrons. The average Bonchev–Trinajstić information content (AvgIpc) is 3.24. The number of hydrogen-bond donors (Lipinski definition) is 0. The van der Waals surface area contributed by atoms with E-state index in [4.69, 9.17) is 16.0 Å². The van der Waals surface area contributed by atoms with E-state index >= 15 is 0 Å². The van der Waals surface area contributed by atoms with E-state index in [9.17, 15) is 13.2 Å². The maximum absolute atomic E-state index is 13.7. The lowest BCUT2D eigenvalue weighted by atomic mass is 9.95. The van der Waals surface area contributed by atoms with Crippen LogP contribution in [-0.4, -0.2) is 52.1 Å². The third kappa shape index (κ3) is 4.95. The number of carbonyl (C=O) groups is 1. The molecule has 2 aromatic carbocycles. The molecule has 4 rings (SSSR count). The van der Waals surface area contributed by atoms with Gasteiger partial charge in [0.2, 0.25) is 27.7 Å². The smallest absolute Gasteiger partial charge is 0.249 e. The Balaban J connectivity index is 1.61. The zero-order valence-corrected chi connectivity index (χ0v) is 20.2. The number of amides is 1. The van der Waals surface area contributed by atoms with Crippen molar-refractivity contribution in [2.45, 2.75) is 45.4 Å². The molecule has 0 N–H and O–H groups in total. The molecule has 1 amide bonds. The van der Waals surface area contributed by atoms with Crippen LogP contribution in [0, 0.1) is 0 Å². The summed E-state index contributed by atoms with van der Waals surface area (Å²) in [6.07, 6.45) is 1.44. The standard InChI is InChI=1S/C23H25ClN4O4S/c1-15(2)27(14-21-25-26-22(32-21)18-10-6-7-11-19(18)24)23(29)20-12-16-8-4-5-9-17(16)13-28(20)33(3,30)31/h4-11,15,20H,12-14H2,1-3H3. The number of hydrogen-bond acceptors (Lipinski definition) is 6. The minimum atomic E-state index is -3.61. The monoisotopic (exact) mass is 488 g/mol. The van der Waals surface area contributed by atoms with E-state index in [1.807, 2.05) is 44.2 Å². The predicted molar refractivity (Wildman–Crippen MR) is 125 cm³/mol. The molecule has 1 aliphatic rings. The molecule has 1 aliphatic heterocycles. The van der Waals surface area contributed by atoms with Crippen LogP contribution in [0.5, 0.6) is 0 Å². The molecule has 0 saturated carbocycles. The highest BCUT2D eigenvalue weighted by atomic mass is 35.5. The van der Waals surface area contributed by atoms with Crippen LogP contribution in [0.4, 0.5) is 0 Å². The van der Waals surface area contributed by atoms with Crippen molar-refractivity contribution in [1.29, 1.82) is 0 Å². The summed E-state index contributed by atoms with van der Waals surface area (Å²) in [4.78, 5) is 15.2. The summed E-state index contributed by atoms with van der Waals surface area (Å²) in [6.45, 7) is 3.95. The van der Waals surface area contributed by atoms with Crippen LogP contribution in [0.15, 0.2) is 52.9 Å². The molecule has 1 atom stereocenters. The fourth-order valence-corrected chi connectivity index (χ4v) is 5.19. The molecule has 0 aliphatic carbocycles. The van der Waals surface area contributed by atoms with Gasteiger partial charge >= 0.3 is 0 Å². The molecule has 1 unspecified atom stereocenters. The molecular formula is C23H25ClN4O4S. The summed E-state index contributed by atoms with van der Waals surface area (Å²) in [5.74, 6) is 0.201. The molecule has 8 nitrogen and oxygen atoms in total. The van der Waals surface area contributed by atoms with Gasteiger partial charge in [0.1, 0.15) is 6.04 Å². The van der Waals surface area contributed by atoms with Crippen LogP contribution in [0.3, 0.4) is 0 Å². The second kappa shape index (κ2) is 9.24. The quantitative estimate of drug-likeness (QED) is 0.526. The first kappa shape index (κ1) is 23.4. The van der Waals surface area contributed by atoms with E-state index in [-0.39, 0.29) is 36.8 Å². The largest absolute Gasteiger partial charge is 0.419 e. The van der Waals surface area contributed by atoms with E-state index in [1.165, 1.54) is 4.31 Å². The summed E-state index contributed by atoms with van der Waals surface area (Å²) >= 11 is 6.22. The molecule has 0 radical (unpaired) electrons. The summed E-state index contributed by atoms with van der Waals surface area (Å²) in [7, 11) is -3.61. The topological polar surface area (TPSA) is 96.6 Å². The Morgan fingerprint density at radius 1 is 1.15 bits per heavy atom. The van der Waals surface area contributed by atoms with E-state index < -0.39 is 16.1 Å². The second-order valence-corrected chi connectivity index (χ2v) is 10.7. The highest BCUT2D eigenvalue weighted by Crippen LogP contribution is 2.29. The number of sulfonamides is 1. The lowest BCUT2D eigenvalue weighted by Crippen LogP contribution is -2.54. The Hall–Kier alpha value is -2.75. The highest BCUT2D eigenvalue weighted by molar-refractivity contribution is 7.88. The van der Waals surface area contributed by atoms with Crippen LogP contribution >= 0.6 is 11.6 Å². The summed E-state index contributed by atoms with van der Waals surface area (Å²) in [6, 6.07) is 13.6. The lowest BCUT2D eigenvalue weighted by molar-refractivity contribution is -0.138. The third-order valence-corrected chi connectivity index (χ3v) is 7.26. The first-order valence-electron chi connectivity index (χ1n) is 10.6. The molecule has 33 heavy (non-hydrogen) atoms. The van der Waals surface area contributed by atoms with Gasteiger partial charge in [0.25, 0.3) is 0 Å².